The zero-order chi connectivity index (χ0) is 14.2. The zero-order valence-electron chi connectivity index (χ0n) is 10.3. The fourth-order valence-electron chi connectivity index (χ4n) is 1.53. The molecular weight excluding hydrogens is 259 g/mol. The molecule has 0 radical (unpaired) electrons. The van der Waals surface area contributed by atoms with Gasteiger partial charge in [0.25, 0.3) is 5.89 Å². The van der Waals surface area contributed by atoms with Crippen molar-refractivity contribution in [3.63, 3.8) is 0 Å². The van der Waals surface area contributed by atoms with E-state index in [2.05, 4.69) is 10.1 Å². The van der Waals surface area contributed by atoms with E-state index in [0.717, 1.165) is 12.1 Å². The molecule has 1 heterocycles. The monoisotopic (exact) mass is 271 g/mol. The molecule has 0 aliphatic heterocycles. The average molecular weight is 271 g/mol. The molecule has 0 atom stereocenters. The fraction of sp³-hybridized carbons (Fsp3) is 0.333. The molecule has 0 fully saturated rings. The molecule has 7 heteroatoms. The Bertz CT molecular complexity index is 590. The predicted octanol–water partition coefficient (Wildman–Crippen LogP) is 3.46. The SMILES string of the molecule is CC(C)c1noc(-c2cc(N)cc(C(F)(F)F)c2)n1. The minimum absolute atomic E-state index is 0.00544. The molecule has 0 spiro atoms. The first-order valence-corrected chi connectivity index (χ1v) is 5.59. The van der Waals surface area contributed by atoms with Gasteiger partial charge in [0, 0.05) is 17.2 Å². The molecule has 1 aromatic heterocycles. The third-order valence-corrected chi connectivity index (χ3v) is 2.49. The molecule has 2 N–H and O–H groups in total. The van der Waals surface area contributed by atoms with Crippen LogP contribution in [0, 0.1) is 0 Å². The van der Waals surface area contributed by atoms with E-state index in [1.807, 2.05) is 13.8 Å². The molecule has 0 saturated heterocycles. The second-order valence-corrected chi connectivity index (χ2v) is 4.45. The molecule has 102 valence electrons. The first-order valence-electron chi connectivity index (χ1n) is 5.59. The van der Waals surface area contributed by atoms with Gasteiger partial charge in [-0.3, -0.25) is 0 Å². The van der Waals surface area contributed by atoms with E-state index < -0.39 is 11.7 Å². The molecule has 0 unspecified atom stereocenters. The molecular formula is C12H12F3N3O. The van der Waals surface area contributed by atoms with Crippen molar-refractivity contribution in [3.8, 4) is 11.5 Å². The number of anilines is 1. The Morgan fingerprint density at radius 3 is 2.42 bits per heavy atom. The Morgan fingerprint density at radius 2 is 1.89 bits per heavy atom. The van der Waals surface area contributed by atoms with E-state index in [9.17, 15) is 13.2 Å². The Balaban J connectivity index is 2.47. The number of nitrogen functional groups attached to an aromatic ring is 1. The van der Waals surface area contributed by atoms with Gasteiger partial charge in [0.1, 0.15) is 0 Å². The highest BCUT2D eigenvalue weighted by Crippen LogP contribution is 2.33. The van der Waals surface area contributed by atoms with E-state index in [1.54, 1.807) is 0 Å². The zero-order valence-corrected chi connectivity index (χ0v) is 10.3. The van der Waals surface area contributed by atoms with Crippen molar-refractivity contribution in [2.75, 3.05) is 5.73 Å². The summed E-state index contributed by atoms with van der Waals surface area (Å²) in [6.45, 7) is 3.71. The molecule has 2 rings (SSSR count). The van der Waals surface area contributed by atoms with Crippen LogP contribution in [0.25, 0.3) is 11.5 Å². The average Bonchev–Trinajstić information content (AvgIpc) is 2.76. The number of benzene rings is 1. The summed E-state index contributed by atoms with van der Waals surface area (Å²) in [5, 5.41) is 3.71. The molecule has 0 saturated carbocycles. The largest absolute Gasteiger partial charge is 0.416 e. The van der Waals surface area contributed by atoms with Gasteiger partial charge in [-0.25, -0.2) is 0 Å². The lowest BCUT2D eigenvalue weighted by molar-refractivity contribution is -0.137. The number of hydrogen-bond donors (Lipinski definition) is 1. The van der Waals surface area contributed by atoms with E-state index in [0.29, 0.717) is 5.82 Å². The molecule has 4 nitrogen and oxygen atoms in total. The van der Waals surface area contributed by atoms with Crippen LogP contribution in [0.15, 0.2) is 22.7 Å². The van der Waals surface area contributed by atoms with Crippen molar-refractivity contribution >= 4 is 5.69 Å². The van der Waals surface area contributed by atoms with Gasteiger partial charge in [0.2, 0.25) is 0 Å². The molecule has 0 bridgehead atoms. The van der Waals surface area contributed by atoms with Crippen molar-refractivity contribution in [2.45, 2.75) is 25.9 Å². The molecule has 19 heavy (non-hydrogen) atoms. The number of nitrogens with two attached hydrogens (primary N) is 1. The van der Waals surface area contributed by atoms with Crippen molar-refractivity contribution in [1.29, 1.82) is 0 Å². The lowest BCUT2D eigenvalue weighted by atomic mass is 10.1. The van der Waals surface area contributed by atoms with Crippen molar-refractivity contribution in [3.05, 3.63) is 29.6 Å². The van der Waals surface area contributed by atoms with Crippen LogP contribution in [0.5, 0.6) is 0 Å². The summed E-state index contributed by atoms with van der Waals surface area (Å²) in [4.78, 5) is 4.04. The van der Waals surface area contributed by atoms with Crippen LogP contribution in [0.1, 0.15) is 31.2 Å². The van der Waals surface area contributed by atoms with Crippen LogP contribution in [0.4, 0.5) is 18.9 Å². The first kappa shape index (κ1) is 13.4. The van der Waals surface area contributed by atoms with Gasteiger partial charge in [-0.05, 0) is 18.2 Å². The van der Waals surface area contributed by atoms with Gasteiger partial charge < -0.3 is 10.3 Å². The van der Waals surface area contributed by atoms with Gasteiger partial charge >= 0.3 is 6.18 Å². The minimum Gasteiger partial charge on any atom is -0.399 e. The van der Waals surface area contributed by atoms with Crippen LogP contribution < -0.4 is 5.73 Å². The summed E-state index contributed by atoms with van der Waals surface area (Å²) < 4.78 is 43.0. The lowest BCUT2D eigenvalue weighted by Crippen LogP contribution is -2.06. The highest BCUT2D eigenvalue weighted by Gasteiger charge is 2.31. The molecule has 0 amide bonds. The summed E-state index contributed by atoms with van der Waals surface area (Å²) in [6.07, 6.45) is -4.47. The van der Waals surface area contributed by atoms with Crippen molar-refractivity contribution in [1.82, 2.24) is 10.1 Å². The van der Waals surface area contributed by atoms with Gasteiger partial charge in [-0.15, -0.1) is 0 Å². The van der Waals surface area contributed by atoms with Gasteiger partial charge in [-0.1, -0.05) is 19.0 Å². The standard InChI is InChI=1S/C12H12F3N3O/c1-6(2)10-17-11(19-18-10)7-3-8(12(13,14)15)5-9(16)4-7/h3-6H,16H2,1-2H3. The Hall–Kier alpha value is -2.05. The number of hydrogen-bond acceptors (Lipinski definition) is 4. The van der Waals surface area contributed by atoms with Crippen LogP contribution in [0.3, 0.4) is 0 Å². The van der Waals surface area contributed by atoms with E-state index in [1.165, 1.54) is 6.07 Å². The Labute approximate surface area is 107 Å². The van der Waals surface area contributed by atoms with Crippen LogP contribution in [0.2, 0.25) is 0 Å². The predicted molar refractivity (Wildman–Crippen MR) is 63.2 cm³/mol. The highest BCUT2D eigenvalue weighted by molar-refractivity contribution is 5.62. The summed E-state index contributed by atoms with van der Waals surface area (Å²) >= 11 is 0. The quantitative estimate of drug-likeness (QED) is 0.849. The normalized spacial score (nSPS) is 12.1. The summed E-state index contributed by atoms with van der Waals surface area (Å²) in [6, 6.07) is 3.17. The maximum atomic E-state index is 12.7. The van der Waals surface area contributed by atoms with Gasteiger partial charge in [0.15, 0.2) is 5.82 Å². The number of rotatable bonds is 2. The maximum Gasteiger partial charge on any atom is 0.416 e. The van der Waals surface area contributed by atoms with Gasteiger partial charge in [-0.2, -0.15) is 18.2 Å². The number of aromatic nitrogens is 2. The summed E-state index contributed by atoms with van der Waals surface area (Å²) in [5.41, 5.74) is 4.78. The number of halogens is 3. The Morgan fingerprint density at radius 1 is 1.21 bits per heavy atom. The summed E-state index contributed by atoms with van der Waals surface area (Å²) in [5.74, 6) is 0.494. The van der Waals surface area contributed by atoms with E-state index >= 15 is 0 Å². The number of nitrogens with zero attached hydrogens (tertiary/aromatic N) is 2. The molecule has 1 aromatic carbocycles. The smallest absolute Gasteiger partial charge is 0.399 e. The lowest BCUT2D eigenvalue weighted by Gasteiger charge is -2.08. The second-order valence-electron chi connectivity index (χ2n) is 4.45. The van der Waals surface area contributed by atoms with Crippen molar-refractivity contribution < 1.29 is 17.7 Å². The topological polar surface area (TPSA) is 64.9 Å². The van der Waals surface area contributed by atoms with E-state index in [4.69, 9.17) is 10.3 Å². The fourth-order valence-corrected chi connectivity index (χ4v) is 1.53. The first-order chi connectivity index (χ1) is 8.77. The van der Waals surface area contributed by atoms with Gasteiger partial charge in [0.05, 0.1) is 5.56 Å². The second kappa shape index (κ2) is 4.56. The van der Waals surface area contributed by atoms with Crippen molar-refractivity contribution in [2.24, 2.45) is 0 Å². The van der Waals surface area contributed by atoms with Crippen LogP contribution in [-0.2, 0) is 6.18 Å². The van der Waals surface area contributed by atoms with Crippen LogP contribution in [-0.4, -0.2) is 10.1 Å². The molecule has 0 aliphatic rings. The third kappa shape index (κ3) is 2.86. The third-order valence-electron chi connectivity index (χ3n) is 2.49. The highest BCUT2D eigenvalue weighted by atomic mass is 19.4. The summed E-state index contributed by atoms with van der Waals surface area (Å²) in [7, 11) is 0. The number of alkyl halides is 3. The molecule has 0 aliphatic carbocycles. The minimum atomic E-state index is -4.47. The van der Waals surface area contributed by atoms with Crippen LogP contribution >= 0.6 is 0 Å². The Kier molecular flexibility index (Phi) is 3.21. The molecule has 2 aromatic rings. The van der Waals surface area contributed by atoms with E-state index in [-0.39, 0.29) is 23.1 Å². The maximum absolute atomic E-state index is 12.7.